The van der Waals surface area contributed by atoms with Crippen molar-refractivity contribution in [3.8, 4) is 0 Å². The Balaban J connectivity index is 1.49. The first kappa shape index (κ1) is 31.9. The van der Waals surface area contributed by atoms with Crippen molar-refractivity contribution in [2.45, 2.75) is 125 Å². The molecule has 0 spiro atoms. The predicted octanol–water partition coefficient (Wildman–Crippen LogP) is -1.81. The zero-order valence-electron chi connectivity index (χ0n) is 23.4. The Kier molecular flexibility index (Phi) is 10.4. The highest BCUT2D eigenvalue weighted by molar-refractivity contribution is 5.89. The molecule has 1 aliphatic carbocycles. The zero-order chi connectivity index (χ0) is 29.2. The Bertz CT molecular complexity index is 854. The minimum absolute atomic E-state index is 0.0912. The van der Waals surface area contributed by atoms with Crippen LogP contribution < -0.4 is 22.1 Å². The summed E-state index contributed by atoms with van der Waals surface area (Å²) in [5.41, 5.74) is 10.1. The van der Waals surface area contributed by atoms with E-state index in [2.05, 4.69) is 10.6 Å². The van der Waals surface area contributed by atoms with E-state index >= 15 is 0 Å². The van der Waals surface area contributed by atoms with Crippen molar-refractivity contribution in [3.63, 3.8) is 0 Å². The Labute approximate surface area is 234 Å². The van der Waals surface area contributed by atoms with Gasteiger partial charge in [-0.15, -0.1) is 0 Å². The summed E-state index contributed by atoms with van der Waals surface area (Å²) >= 11 is 0. The van der Waals surface area contributed by atoms with E-state index in [9.17, 15) is 24.8 Å². The molecule has 4 aliphatic rings. The van der Waals surface area contributed by atoms with Crippen molar-refractivity contribution in [2.75, 3.05) is 26.4 Å². The van der Waals surface area contributed by atoms with Crippen molar-refractivity contribution in [1.29, 1.82) is 5.41 Å². The van der Waals surface area contributed by atoms with Gasteiger partial charge in [0.25, 0.3) is 0 Å². The number of nitrogens with one attached hydrogen (secondary N) is 3. The second-order valence-electron chi connectivity index (χ2n) is 12.2. The molecule has 3 saturated heterocycles. The molecule has 1 saturated carbocycles. The SMILES string of the molecule is C[C@@H]1C(O)[C@@H](OC2C(O)C(O[C@H]3O[C@H](CCCCF)CCC3N)[C@@H](N)C[C@H]2NC(=N)C2(O)CNC2)OCC1(C)O. The quantitative estimate of drug-likeness (QED) is 0.0798. The fraction of sp³-hybridized carbons (Fsp3) is 0.962. The van der Waals surface area contributed by atoms with Crippen molar-refractivity contribution in [3.05, 3.63) is 0 Å². The minimum Gasteiger partial charge on any atom is -0.388 e. The van der Waals surface area contributed by atoms with Crippen LogP contribution in [0.2, 0.25) is 0 Å². The molecule has 14 heteroatoms. The van der Waals surface area contributed by atoms with E-state index in [1.165, 1.54) is 0 Å². The molecule has 12 atom stereocenters. The van der Waals surface area contributed by atoms with Gasteiger partial charge in [0.15, 0.2) is 12.6 Å². The molecule has 0 bridgehead atoms. The molecule has 3 heterocycles. The topological polar surface area (TPSA) is 218 Å². The zero-order valence-corrected chi connectivity index (χ0v) is 23.4. The average molecular weight is 578 g/mol. The maximum Gasteiger partial charge on any atom is 0.184 e. The van der Waals surface area contributed by atoms with Gasteiger partial charge in [-0.1, -0.05) is 6.92 Å². The van der Waals surface area contributed by atoms with Gasteiger partial charge in [0.2, 0.25) is 0 Å². The lowest BCUT2D eigenvalue weighted by atomic mass is 9.82. The summed E-state index contributed by atoms with van der Waals surface area (Å²) in [4.78, 5) is 0. The van der Waals surface area contributed by atoms with Crippen LogP contribution >= 0.6 is 0 Å². The first-order valence-corrected chi connectivity index (χ1v) is 14.4. The van der Waals surface area contributed by atoms with E-state index in [1.807, 2.05) is 0 Å². The van der Waals surface area contributed by atoms with E-state index in [-0.39, 0.29) is 44.7 Å². The lowest BCUT2D eigenvalue weighted by molar-refractivity contribution is -0.314. The van der Waals surface area contributed by atoms with Crippen molar-refractivity contribution in [1.82, 2.24) is 10.6 Å². The Morgan fingerprint density at radius 2 is 1.77 bits per heavy atom. The van der Waals surface area contributed by atoms with Crippen LogP contribution in [-0.2, 0) is 18.9 Å². The molecule has 3 aliphatic heterocycles. The van der Waals surface area contributed by atoms with Gasteiger partial charge in [0.1, 0.15) is 35.9 Å². The van der Waals surface area contributed by atoms with Crippen LogP contribution in [0.3, 0.4) is 0 Å². The average Bonchev–Trinajstić information content (AvgIpc) is 2.89. The van der Waals surface area contributed by atoms with Gasteiger partial charge < -0.3 is 61.5 Å². The van der Waals surface area contributed by atoms with E-state index in [0.717, 1.165) is 6.42 Å². The fourth-order valence-electron chi connectivity index (χ4n) is 5.79. The molecular formula is C26H48FN5O8. The van der Waals surface area contributed by atoms with Crippen molar-refractivity contribution in [2.24, 2.45) is 17.4 Å². The van der Waals surface area contributed by atoms with Gasteiger partial charge in [-0.25, -0.2) is 0 Å². The summed E-state index contributed by atoms with van der Waals surface area (Å²) in [6, 6.07) is -1.90. The third-order valence-electron chi connectivity index (χ3n) is 8.95. The van der Waals surface area contributed by atoms with E-state index in [1.54, 1.807) is 13.8 Å². The molecule has 4 fully saturated rings. The lowest BCUT2D eigenvalue weighted by Gasteiger charge is -2.49. The Hall–Kier alpha value is -1.04. The first-order chi connectivity index (χ1) is 18.9. The molecule has 0 aromatic rings. The van der Waals surface area contributed by atoms with Gasteiger partial charge in [0, 0.05) is 25.0 Å². The molecule has 4 rings (SSSR count). The standard InChI is InChI=1S/C26H48FN5O8/c1-13-18(33)23(37-12-25(13,2)35)40-21-17(32-24(30)26(36)10-31-11-26)9-16(29)20(19(21)34)39-22-15(28)7-6-14(38-22)5-3-4-8-27/h13-23,31,33-36H,3-12,28-29H2,1-2H3,(H2,30,32)/t13-,14-,15?,16+,17-,18?,19?,20?,21?,22-,23-,25?/m1/s1. The maximum atomic E-state index is 12.6. The number of hydrogen-bond acceptors (Lipinski definition) is 12. The third-order valence-corrected chi connectivity index (χ3v) is 8.95. The molecule has 0 aromatic heterocycles. The van der Waals surface area contributed by atoms with Crippen molar-refractivity contribution < 1.29 is 43.8 Å². The second-order valence-corrected chi connectivity index (χ2v) is 12.2. The van der Waals surface area contributed by atoms with Gasteiger partial charge >= 0.3 is 0 Å². The number of nitrogens with two attached hydrogens (primary N) is 2. The number of unbranched alkanes of at least 4 members (excludes halogenated alkanes) is 1. The highest BCUT2D eigenvalue weighted by Crippen LogP contribution is 2.34. The minimum atomic E-state index is -1.37. The summed E-state index contributed by atoms with van der Waals surface area (Å²) in [7, 11) is 0. The normalized spacial score (nSPS) is 45.5. The maximum absolute atomic E-state index is 12.6. The van der Waals surface area contributed by atoms with Gasteiger partial charge in [-0.3, -0.25) is 9.80 Å². The van der Waals surface area contributed by atoms with Crippen molar-refractivity contribution >= 4 is 5.84 Å². The van der Waals surface area contributed by atoms with E-state index in [4.69, 9.17) is 35.8 Å². The van der Waals surface area contributed by atoms with Crippen LogP contribution in [0.1, 0.15) is 52.4 Å². The molecule has 232 valence electrons. The van der Waals surface area contributed by atoms with E-state index in [0.29, 0.717) is 25.7 Å². The molecule has 40 heavy (non-hydrogen) atoms. The number of rotatable bonds is 10. The van der Waals surface area contributed by atoms with Gasteiger partial charge in [-0.05, 0) is 45.4 Å². The second kappa shape index (κ2) is 13.1. The highest BCUT2D eigenvalue weighted by atomic mass is 19.1. The molecule has 13 nitrogen and oxygen atoms in total. The molecule has 0 radical (unpaired) electrons. The number of halogens is 1. The Morgan fingerprint density at radius 3 is 2.42 bits per heavy atom. The number of hydrogen-bond donors (Lipinski definition) is 9. The number of aliphatic hydroxyl groups is 4. The van der Waals surface area contributed by atoms with E-state index < -0.39 is 72.2 Å². The van der Waals surface area contributed by atoms with Gasteiger partial charge in [0.05, 0.1) is 37.1 Å². The fourth-order valence-corrected chi connectivity index (χ4v) is 5.79. The molecular weight excluding hydrogens is 529 g/mol. The van der Waals surface area contributed by atoms with Crippen LogP contribution in [0, 0.1) is 11.3 Å². The first-order valence-electron chi connectivity index (χ1n) is 14.4. The van der Waals surface area contributed by atoms with Crippen LogP contribution in [0.25, 0.3) is 0 Å². The summed E-state index contributed by atoms with van der Waals surface area (Å²) in [5.74, 6) is -0.727. The molecule has 11 N–H and O–H groups in total. The monoisotopic (exact) mass is 577 g/mol. The summed E-state index contributed by atoms with van der Waals surface area (Å²) in [6.45, 7) is 3.18. The summed E-state index contributed by atoms with van der Waals surface area (Å²) in [6.07, 6.45) is -3.39. The predicted molar refractivity (Wildman–Crippen MR) is 142 cm³/mol. The smallest absolute Gasteiger partial charge is 0.184 e. The van der Waals surface area contributed by atoms with Crippen LogP contribution in [0.15, 0.2) is 0 Å². The number of alkyl halides is 1. The summed E-state index contributed by atoms with van der Waals surface area (Å²) < 4.78 is 36.6. The molecule has 0 aromatic carbocycles. The molecule has 6 unspecified atom stereocenters. The van der Waals surface area contributed by atoms with Crippen LogP contribution in [-0.4, -0.2) is 125 Å². The summed E-state index contributed by atoms with van der Waals surface area (Å²) in [5, 5.41) is 57.9. The molecule has 0 amide bonds. The van der Waals surface area contributed by atoms with Crippen LogP contribution in [0.4, 0.5) is 4.39 Å². The lowest BCUT2D eigenvalue weighted by Crippen LogP contribution is -2.72. The largest absolute Gasteiger partial charge is 0.388 e. The Morgan fingerprint density at radius 1 is 1.07 bits per heavy atom. The third kappa shape index (κ3) is 6.94. The van der Waals surface area contributed by atoms with Crippen LogP contribution in [0.5, 0.6) is 0 Å². The number of amidine groups is 1. The number of aliphatic hydroxyl groups excluding tert-OH is 2. The van der Waals surface area contributed by atoms with Gasteiger partial charge in [-0.2, -0.15) is 0 Å². The number of ether oxygens (including phenoxy) is 4. The number of β-amino-alcohol motifs (C(OH)–C–C–N with tert-alkyl or cyclic N) is 1. The highest BCUT2D eigenvalue weighted by Gasteiger charge is 2.52.